The van der Waals surface area contributed by atoms with E-state index >= 15 is 0 Å². The Hall–Kier alpha value is -1.48. The van der Waals surface area contributed by atoms with Gasteiger partial charge in [-0.2, -0.15) is 0 Å². The number of benzene rings is 1. The second-order valence-corrected chi connectivity index (χ2v) is 8.94. The van der Waals surface area contributed by atoms with Crippen LogP contribution >= 0.6 is 0 Å². The lowest BCUT2D eigenvalue weighted by atomic mass is 9.70. The van der Waals surface area contributed by atoms with E-state index in [-0.39, 0.29) is 5.41 Å². The first-order valence-electron chi connectivity index (χ1n) is 10.5. The second-order valence-electron chi connectivity index (χ2n) is 8.94. The van der Waals surface area contributed by atoms with Gasteiger partial charge in [-0.05, 0) is 88.1 Å². The summed E-state index contributed by atoms with van der Waals surface area (Å²) in [7, 11) is 2.28. The highest BCUT2D eigenvalue weighted by atomic mass is 16.5. The minimum absolute atomic E-state index is 0.152. The van der Waals surface area contributed by atoms with Crippen molar-refractivity contribution >= 4 is 0 Å². The van der Waals surface area contributed by atoms with E-state index in [4.69, 9.17) is 9.47 Å². The number of rotatable bonds is 7. The van der Waals surface area contributed by atoms with E-state index in [0.29, 0.717) is 6.04 Å². The topological polar surface area (TPSA) is 21.7 Å². The predicted molar refractivity (Wildman–Crippen MR) is 104 cm³/mol. The van der Waals surface area contributed by atoms with E-state index in [1.54, 1.807) is 0 Å². The minimum atomic E-state index is 0.152. The summed E-state index contributed by atoms with van der Waals surface area (Å²) in [5.74, 6) is 3.43. The molecule has 4 aliphatic rings. The molecule has 1 aromatic rings. The molecule has 1 saturated heterocycles. The molecule has 2 atom stereocenters. The zero-order valence-corrected chi connectivity index (χ0v) is 16.0. The van der Waals surface area contributed by atoms with Crippen molar-refractivity contribution in [1.29, 1.82) is 0 Å². The van der Waals surface area contributed by atoms with Crippen LogP contribution in [0.25, 0.3) is 0 Å². The Balaban J connectivity index is 1.44. The first-order valence-corrected chi connectivity index (χ1v) is 10.5. The average molecular weight is 354 g/mol. The van der Waals surface area contributed by atoms with Crippen LogP contribution in [0.5, 0.6) is 11.5 Å². The third kappa shape index (κ3) is 3.15. The van der Waals surface area contributed by atoms with E-state index in [1.807, 2.05) is 0 Å². The Kier molecular flexibility index (Phi) is 4.23. The van der Waals surface area contributed by atoms with E-state index in [2.05, 4.69) is 42.3 Å². The Labute approximate surface area is 157 Å². The number of allylic oxidation sites excluding steroid dienone is 1. The molecule has 0 aromatic heterocycles. The van der Waals surface area contributed by atoms with E-state index in [1.165, 1.54) is 57.1 Å². The standard InChI is InChI=1S/C23H31NO2/c1-24-13-12-23(11-3-2-4-22(23)24)19-9-10-20(25-15-17-5-6-17)21(14-19)26-16-18-7-8-18/h3,9-11,14,17-18,22H,2,4-8,12-13,15-16H2,1H3/t22?,23-/m0/s1. The van der Waals surface area contributed by atoms with Gasteiger partial charge in [0.05, 0.1) is 13.2 Å². The van der Waals surface area contributed by atoms with E-state index in [0.717, 1.165) is 36.5 Å². The maximum Gasteiger partial charge on any atom is 0.161 e. The van der Waals surface area contributed by atoms with Crippen molar-refractivity contribution in [3.05, 3.63) is 35.9 Å². The number of ether oxygens (including phenoxy) is 2. The number of likely N-dealkylation sites (tertiary alicyclic amines) is 1. The van der Waals surface area contributed by atoms with Gasteiger partial charge in [-0.25, -0.2) is 0 Å². The van der Waals surface area contributed by atoms with Gasteiger partial charge in [-0.3, -0.25) is 0 Å². The highest BCUT2D eigenvalue weighted by Crippen LogP contribution is 2.47. The highest BCUT2D eigenvalue weighted by Gasteiger charge is 2.46. The quantitative estimate of drug-likeness (QED) is 0.671. The summed E-state index contributed by atoms with van der Waals surface area (Å²) < 4.78 is 12.4. The Bertz CT molecular complexity index is 691. The summed E-state index contributed by atoms with van der Waals surface area (Å²) in [5.41, 5.74) is 1.56. The van der Waals surface area contributed by atoms with Crippen molar-refractivity contribution in [1.82, 2.24) is 4.90 Å². The fourth-order valence-electron chi connectivity index (χ4n) is 4.74. The predicted octanol–water partition coefficient (Wildman–Crippen LogP) is 4.56. The SMILES string of the molecule is CN1CC[C@]2(c3ccc(OCC4CC4)c(OCC4CC4)c3)C=CCCC12. The molecule has 5 rings (SSSR count). The third-order valence-corrected chi connectivity index (χ3v) is 6.85. The molecule has 1 aliphatic heterocycles. The van der Waals surface area contributed by atoms with Gasteiger partial charge in [0, 0.05) is 11.5 Å². The van der Waals surface area contributed by atoms with Crippen LogP contribution in [0.1, 0.15) is 50.5 Å². The smallest absolute Gasteiger partial charge is 0.161 e. The van der Waals surface area contributed by atoms with Crippen molar-refractivity contribution in [3.63, 3.8) is 0 Å². The van der Waals surface area contributed by atoms with Crippen LogP contribution in [0.15, 0.2) is 30.4 Å². The summed E-state index contributed by atoms with van der Waals surface area (Å²) in [6, 6.07) is 7.38. The second kappa shape index (κ2) is 6.60. The van der Waals surface area contributed by atoms with Crippen molar-refractivity contribution in [2.45, 2.75) is 56.4 Å². The lowest BCUT2D eigenvalue weighted by Gasteiger charge is -2.38. The zero-order chi connectivity index (χ0) is 17.6. The Morgan fingerprint density at radius 2 is 1.73 bits per heavy atom. The molecule has 1 unspecified atom stereocenters. The molecule has 140 valence electrons. The van der Waals surface area contributed by atoms with Gasteiger partial charge >= 0.3 is 0 Å². The fourth-order valence-corrected chi connectivity index (χ4v) is 4.74. The number of hydrogen-bond donors (Lipinski definition) is 0. The van der Waals surface area contributed by atoms with Gasteiger partial charge < -0.3 is 14.4 Å². The van der Waals surface area contributed by atoms with Gasteiger partial charge in [-0.1, -0.05) is 18.2 Å². The van der Waals surface area contributed by atoms with Crippen molar-refractivity contribution < 1.29 is 9.47 Å². The van der Waals surface area contributed by atoms with Crippen LogP contribution < -0.4 is 9.47 Å². The molecule has 26 heavy (non-hydrogen) atoms. The molecule has 0 N–H and O–H groups in total. The van der Waals surface area contributed by atoms with Gasteiger partial charge in [0.15, 0.2) is 11.5 Å². The highest BCUT2D eigenvalue weighted by molar-refractivity contribution is 5.48. The van der Waals surface area contributed by atoms with Gasteiger partial charge in [0.1, 0.15) is 0 Å². The number of fused-ring (bicyclic) bond motifs is 1. The summed E-state index contributed by atoms with van der Waals surface area (Å²) in [5, 5.41) is 0. The first-order chi connectivity index (χ1) is 12.7. The summed E-state index contributed by atoms with van der Waals surface area (Å²) in [4.78, 5) is 2.55. The van der Waals surface area contributed by atoms with Crippen LogP contribution in [-0.2, 0) is 5.41 Å². The van der Waals surface area contributed by atoms with E-state index < -0.39 is 0 Å². The molecule has 3 fully saturated rings. The van der Waals surface area contributed by atoms with Crippen molar-refractivity contribution in [3.8, 4) is 11.5 Å². The molecule has 0 spiro atoms. The monoisotopic (exact) mass is 353 g/mol. The molecule has 1 aromatic carbocycles. The first kappa shape index (κ1) is 16.7. The Morgan fingerprint density at radius 3 is 2.46 bits per heavy atom. The van der Waals surface area contributed by atoms with Crippen molar-refractivity contribution in [2.75, 3.05) is 26.8 Å². The lowest BCUT2D eigenvalue weighted by Crippen LogP contribution is -2.41. The molecule has 0 amide bonds. The molecule has 0 radical (unpaired) electrons. The molecule has 2 saturated carbocycles. The zero-order valence-electron chi connectivity index (χ0n) is 16.0. The summed E-state index contributed by atoms with van der Waals surface area (Å²) in [6.07, 6.45) is 13.8. The van der Waals surface area contributed by atoms with Gasteiger partial charge in [0.25, 0.3) is 0 Å². The molecular weight excluding hydrogens is 322 g/mol. The third-order valence-electron chi connectivity index (χ3n) is 6.85. The summed E-state index contributed by atoms with van der Waals surface area (Å²) >= 11 is 0. The van der Waals surface area contributed by atoms with E-state index in [9.17, 15) is 0 Å². The largest absolute Gasteiger partial charge is 0.489 e. The summed E-state index contributed by atoms with van der Waals surface area (Å²) in [6.45, 7) is 2.86. The molecule has 3 heteroatoms. The molecule has 3 nitrogen and oxygen atoms in total. The number of nitrogens with zero attached hydrogens (tertiary/aromatic N) is 1. The van der Waals surface area contributed by atoms with Crippen molar-refractivity contribution in [2.24, 2.45) is 11.8 Å². The van der Waals surface area contributed by atoms with Gasteiger partial charge in [0.2, 0.25) is 0 Å². The average Bonchev–Trinajstić information content (AvgIpc) is 3.59. The number of hydrogen-bond acceptors (Lipinski definition) is 3. The maximum atomic E-state index is 6.25. The molecule has 0 bridgehead atoms. The lowest BCUT2D eigenvalue weighted by molar-refractivity contribution is 0.243. The normalized spacial score (nSPS) is 31.0. The van der Waals surface area contributed by atoms with Crippen LogP contribution in [0.3, 0.4) is 0 Å². The molecular formula is C23H31NO2. The van der Waals surface area contributed by atoms with Gasteiger partial charge in [-0.15, -0.1) is 0 Å². The van der Waals surface area contributed by atoms with Crippen LogP contribution in [0, 0.1) is 11.8 Å². The maximum absolute atomic E-state index is 6.25. The Morgan fingerprint density at radius 1 is 1.00 bits per heavy atom. The molecule has 3 aliphatic carbocycles. The van der Waals surface area contributed by atoms with Crippen LogP contribution in [0.4, 0.5) is 0 Å². The fraction of sp³-hybridized carbons (Fsp3) is 0.652. The minimum Gasteiger partial charge on any atom is -0.489 e. The van der Waals surface area contributed by atoms with Crippen LogP contribution in [-0.4, -0.2) is 37.7 Å². The molecule has 1 heterocycles. The van der Waals surface area contributed by atoms with Crippen LogP contribution in [0.2, 0.25) is 0 Å². The number of likely N-dealkylation sites (N-methyl/N-ethyl adjacent to an activating group) is 1.